The van der Waals surface area contributed by atoms with Gasteiger partial charge in [0.25, 0.3) is 0 Å². The van der Waals surface area contributed by atoms with Crippen molar-refractivity contribution in [3.8, 4) is 36.2 Å². The van der Waals surface area contributed by atoms with Crippen molar-refractivity contribution in [2.45, 2.75) is 13.5 Å². The number of benzene rings is 1. The van der Waals surface area contributed by atoms with Gasteiger partial charge in [-0.2, -0.15) is 8.78 Å². The van der Waals surface area contributed by atoms with Gasteiger partial charge < -0.3 is 14.4 Å². The summed E-state index contributed by atoms with van der Waals surface area (Å²) in [4.78, 5) is 13.3. The van der Waals surface area contributed by atoms with Gasteiger partial charge in [-0.15, -0.1) is 12.8 Å². The molecule has 0 saturated carbocycles. The summed E-state index contributed by atoms with van der Waals surface area (Å²) >= 11 is 0. The molecular formula is C18H17F2NO3. The van der Waals surface area contributed by atoms with Gasteiger partial charge in [-0.1, -0.05) is 17.9 Å². The van der Waals surface area contributed by atoms with Gasteiger partial charge >= 0.3 is 6.61 Å². The predicted octanol–water partition coefficient (Wildman–Crippen LogP) is 2.79. The second-order valence-corrected chi connectivity index (χ2v) is 4.45. The van der Waals surface area contributed by atoms with Crippen molar-refractivity contribution < 1.29 is 23.0 Å². The molecule has 0 saturated heterocycles. The van der Waals surface area contributed by atoms with E-state index in [1.807, 2.05) is 0 Å². The smallest absolute Gasteiger partial charge is 0.387 e. The van der Waals surface area contributed by atoms with Crippen molar-refractivity contribution in [1.82, 2.24) is 4.90 Å². The zero-order chi connectivity index (χ0) is 17.9. The Bertz CT molecular complexity index is 656. The van der Waals surface area contributed by atoms with E-state index in [2.05, 4.69) is 16.6 Å². The molecule has 24 heavy (non-hydrogen) atoms. The molecule has 1 rings (SSSR count). The van der Waals surface area contributed by atoms with Crippen LogP contribution in [0.5, 0.6) is 11.5 Å². The van der Waals surface area contributed by atoms with E-state index in [9.17, 15) is 13.6 Å². The van der Waals surface area contributed by atoms with Crippen molar-refractivity contribution in [3.63, 3.8) is 0 Å². The SMILES string of the molecule is C#CCN(CC#C)C(=O)/C=C\c1ccc(OC(F)F)c(OCC)c1. The van der Waals surface area contributed by atoms with Crippen LogP contribution >= 0.6 is 0 Å². The quantitative estimate of drug-likeness (QED) is 0.542. The lowest BCUT2D eigenvalue weighted by Gasteiger charge is -2.14. The molecule has 126 valence electrons. The number of rotatable bonds is 8. The van der Waals surface area contributed by atoms with Crippen molar-refractivity contribution in [1.29, 1.82) is 0 Å². The first-order valence-electron chi connectivity index (χ1n) is 7.07. The third-order valence-electron chi connectivity index (χ3n) is 2.78. The Morgan fingerprint density at radius 3 is 2.50 bits per heavy atom. The van der Waals surface area contributed by atoms with Crippen LogP contribution in [0, 0.1) is 24.7 Å². The van der Waals surface area contributed by atoms with Gasteiger partial charge in [0, 0.05) is 6.08 Å². The highest BCUT2D eigenvalue weighted by molar-refractivity contribution is 5.92. The molecule has 0 aliphatic heterocycles. The minimum atomic E-state index is -2.95. The predicted molar refractivity (Wildman–Crippen MR) is 87.5 cm³/mol. The Labute approximate surface area is 140 Å². The van der Waals surface area contributed by atoms with Gasteiger partial charge in [0.2, 0.25) is 5.91 Å². The van der Waals surface area contributed by atoms with Crippen molar-refractivity contribution in [2.24, 2.45) is 0 Å². The summed E-state index contributed by atoms with van der Waals surface area (Å²) < 4.78 is 34.4. The van der Waals surface area contributed by atoms with E-state index in [1.54, 1.807) is 6.92 Å². The maximum Gasteiger partial charge on any atom is 0.387 e. The molecule has 1 aromatic carbocycles. The molecule has 6 heteroatoms. The highest BCUT2D eigenvalue weighted by atomic mass is 19.3. The lowest BCUT2D eigenvalue weighted by Crippen LogP contribution is -2.30. The van der Waals surface area contributed by atoms with Crippen LogP contribution in [0.15, 0.2) is 24.3 Å². The Morgan fingerprint density at radius 2 is 1.96 bits per heavy atom. The highest BCUT2D eigenvalue weighted by Crippen LogP contribution is 2.30. The van der Waals surface area contributed by atoms with Gasteiger partial charge in [0.05, 0.1) is 19.7 Å². The Kier molecular flexibility index (Phi) is 7.87. The number of hydrogen-bond acceptors (Lipinski definition) is 3. The molecule has 0 fully saturated rings. The number of carbonyl (C=O) groups excluding carboxylic acids is 1. The fourth-order valence-corrected chi connectivity index (χ4v) is 1.80. The summed E-state index contributed by atoms with van der Waals surface area (Å²) in [5.41, 5.74) is 0.579. The largest absolute Gasteiger partial charge is 0.490 e. The lowest BCUT2D eigenvalue weighted by molar-refractivity contribution is -0.124. The average Bonchev–Trinajstić information content (AvgIpc) is 2.54. The van der Waals surface area contributed by atoms with E-state index >= 15 is 0 Å². The molecular weight excluding hydrogens is 316 g/mol. The number of hydrogen-bond donors (Lipinski definition) is 0. The standard InChI is InChI=1S/C18H17F2NO3/c1-4-11-21(12-5-2)17(22)10-8-14-7-9-15(24-18(19)20)16(13-14)23-6-3/h1-2,7-10,13,18H,6,11-12H2,3H3/b10-8-. The zero-order valence-corrected chi connectivity index (χ0v) is 13.2. The van der Waals surface area contributed by atoms with Crippen LogP contribution in [0.2, 0.25) is 0 Å². The number of halogens is 2. The van der Waals surface area contributed by atoms with Gasteiger partial charge in [-0.05, 0) is 30.7 Å². The molecule has 0 bridgehead atoms. The molecule has 1 amide bonds. The first-order valence-corrected chi connectivity index (χ1v) is 7.07. The summed E-state index contributed by atoms with van der Waals surface area (Å²) in [5, 5.41) is 0. The highest BCUT2D eigenvalue weighted by Gasteiger charge is 2.11. The second kappa shape index (κ2) is 9.91. The van der Waals surface area contributed by atoms with E-state index in [-0.39, 0.29) is 37.1 Å². The van der Waals surface area contributed by atoms with Crippen LogP contribution in [0.25, 0.3) is 6.08 Å². The molecule has 0 unspecified atom stereocenters. The van der Waals surface area contributed by atoms with Crippen molar-refractivity contribution in [3.05, 3.63) is 29.8 Å². The zero-order valence-electron chi connectivity index (χ0n) is 13.2. The Balaban J connectivity index is 2.94. The maximum absolute atomic E-state index is 12.4. The molecule has 4 nitrogen and oxygen atoms in total. The average molecular weight is 333 g/mol. The number of alkyl halides is 2. The van der Waals surface area contributed by atoms with Gasteiger partial charge in [0.1, 0.15) is 0 Å². The van der Waals surface area contributed by atoms with Crippen LogP contribution < -0.4 is 9.47 Å². The molecule has 0 atom stereocenters. The lowest BCUT2D eigenvalue weighted by atomic mass is 10.2. The molecule has 1 aromatic rings. The van der Waals surface area contributed by atoms with Crippen molar-refractivity contribution in [2.75, 3.05) is 19.7 Å². The van der Waals surface area contributed by atoms with E-state index in [4.69, 9.17) is 17.6 Å². The monoisotopic (exact) mass is 333 g/mol. The topological polar surface area (TPSA) is 38.8 Å². The Morgan fingerprint density at radius 1 is 1.29 bits per heavy atom. The third kappa shape index (κ3) is 6.02. The van der Waals surface area contributed by atoms with Crippen LogP contribution in [0.1, 0.15) is 12.5 Å². The van der Waals surface area contributed by atoms with E-state index < -0.39 is 6.61 Å². The molecule has 0 aromatic heterocycles. The minimum Gasteiger partial charge on any atom is -0.490 e. The fraction of sp³-hybridized carbons (Fsp3) is 0.278. The summed E-state index contributed by atoms with van der Waals surface area (Å²) in [6, 6.07) is 4.37. The molecule has 0 spiro atoms. The first-order chi connectivity index (χ1) is 11.5. The maximum atomic E-state index is 12.4. The van der Waals surface area contributed by atoms with E-state index in [0.29, 0.717) is 5.56 Å². The van der Waals surface area contributed by atoms with Crippen molar-refractivity contribution >= 4 is 12.0 Å². The van der Waals surface area contributed by atoms with Crippen LogP contribution in [0.4, 0.5) is 8.78 Å². The van der Waals surface area contributed by atoms with Gasteiger partial charge in [-0.25, -0.2) is 0 Å². The number of amides is 1. The number of terminal acetylenes is 2. The summed E-state index contributed by atoms with van der Waals surface area (Å²) in [6.07, 6.45) is 13.2. The van der Waals surface area contributed by atoms with Crippen LogP contribution in [0.3, 0.4) is 0 Å². The second-order valence-electron chi connectivity index (χ2n) is 4.45. The van der Waals surface area contributed by atoms with Crippen LogP contribution in [-0.4, -0.2) is 37.1 Å². The molecule has 0 aliphatic rings. The molecule has 0 N–H and O–H groups in total. The fourth-order valence-electron chi connectivity index (χ4n) is 1.80. The van der Waals surface area contributed by atoms with E-state index in [1.165, 1.54) is 35.3 Å². The van der Waals surface area contributed by atoms with Crippen LogP contribution in [-0.2, 0) is 4.79 Å². The third-order valence-corrected chi connectivity index (χ3v) is 2.78. The first kappa shape index (κ1) is 19.1. The van der Waals surface area contributed by atoms with E-state index in [0.717, 1.165) is 0 Å². The normalized spacial score (nSPS) is 10.2. The van der Waals surface area contributed by atoms with Gasteiger partial charge in [-0.3, -0.25) is 4.79 Å². The molecule has 0 radical (unpaired) electrons. The minimum absolute atomic E-state index is 0.0726. The summed E-state index contributed by atoms with van der Waals surface area (Å²) in [7, 11) is 0. The summed E-state index contributed by atoms with van der Waals surface area (Å²) in [5.74, 6) is 4.44. The molecule has 0 aliphatic carbocycles. The Hall–Kier alpha value is -2.99. The number of carbonyl (C=O) groups is 1. The number of ether oxygens (including phenoxy) is 2. The number of nitrogens with zero attached hydrogens (tertiary/aromatic N) is 1. The molecule has 0 heterocycles. The summed E-state index contributed by atoms with van der Waals surface area (Å²) in [6.45, 7) is -0.759. The van der Waals surface area contributed by atoms with Gasteiger partial charge in [0.15, 0.2) is 11.5 Å².